The van der Waals surface area contributed by atoms with Crippen LogP contribution in [0.25, 0.3) is 11.0 Å². The number of hydrogen-bond donors (Lipinski definition) is 2. The number of halogens is 3. The molecule has 1 N–H and O–H groups in total. The molecule has 3 aromatic rings. The molecule has 0 aliphatic rings. The molecule has 0 aliphatic carbocycles. The fraction of sp³-hybridized carbons (Fsp3) is 0.250. The summed E-state index contributed by atoms with van der Waals surface area (Å²) in [4.78, 5) is 11.7. The number of thiol groups is 1. The van der Waals surface area contributed by atoms with Gasteiger partial charge < -0.3 is 4.98 Å². The van der Waals surface area contributed by atoms with Gasteiger partial charge in [-0.05, 0) is 30.2 Å². The lowest BCUT2D eigenvalue weighted by molar-refractivity contribution is -0.137. The fourth-order valence-corrected chi connectivity index (χ4v) is 2.73. The number of fused-ring (bicyclic) bond motifs is 1. The molecule has 2 aromatic heterocycles. The molecule has 0 bridgehead atoms. The number of rotatable bonds is 4. The van der Waals surface area contributed by atoms with Gasteiger partial charge in [0.2, 0.25) is 0 Å². The molecule has 3 nitrogen and oxygen atoms in total. The van der Waals surface area contributed by atoms with Gasteiger partial charge in [0.25, 0.3) is 0 Å². The maximum atomic E-state index is 12.6. The van der Waals surface area contributed by atoms with Crippen molar-refractivity contribution in [1.29, 1.82) is 0 Å². The predicted octanol–water partition coefficient (Wildman–Crippen LogP) is 4.23. The standard InChI is InChI=1S/C16H14F3N3S/c17-16(18,19)12-3-1-10(2-4-12)7-11(9-23)15-21-13-5-6-20-8-14(13)22-15/h1-6,8,11,23H,7,9H2,(H,21,22)/t11-/m1/s1. The van der Waals surface area contributed by atoms with E-state index in [2.05, 4.69) is 27.6 Å². The van der Waals surface area contributed by atoms with E-state index in [1.54, 1.807) is 12.4 Å². The largest absolute Gasteiger partial charge is 0.416 e. The van der Waals surface area contributed by atoms with Crippen LogP contribution in [0.1, 0.15) is 22.9 Å². The van der Waals surface area contributed by atoms with Crippen molar-refractivity contribution in [3.8, 4) is 0 Å². The van der Waals surface area contributed by atoms with Gasteiger partial charge in [-0.1, -0.05) is 12.1 Å². The van der Waals surface area contributed by atoms with Crippen LogP contribution in [0, 0.1) is 0 Å². The number of imidazole rings is 1. The van der Waals surface area contributed by atoms with Crippen molar-refractivity contribution < 1.29 is 13.2 Å². The molecule has 120 valence electrons. The lowest BCUT2D eigenvalue weighted by Crippen LogP contribution is -2.08. The number of nitrogens with zero attached hydrogens (tertiary/aromatic N) is 2. The van der Waals surface area contributed by atoms with Gasteiger partial charge in [0, 0.05) is 17.9 Å². The van der Waals surface area contributed by atoms with E-state index in [4.69, 9.17) is 0 Å². The van der Waals surface area contributed by atoms with Gasteiger partial charge in [-0.25, -0.2) is 4.98 Å². The summed E-state index contributed by atoms with van der Waals surface area (Å²) in [7, 11) is 0. The molecule has 0 spiro atoms. The Labute approximate surface area is 136 Å². The Kier molecular flexibility index (Phi) is 4.30. The van der Waals surface area contributed by atoms with Crippen LogP contribution >= 0.6 is 12.6 Å². The highest BCUT2D eigenvalue weighted by molar-refractivity contribution is 7.80. The molecule has 0 aliphatic heterocycles. The van der Waals surface area contributed by atoms with Crippen molar-refractivity contribution in [2.45, 2.75) is 18.5 Å². The molecule has 3 rings (SSSR count). The minimum Gasteiger partial charge on any atom is -0.340 e. The van der Waals surface area contributed by atoms with Crippen molar-refractivity contribution in [2.75, 3.05) is 5.75 Å². The predicted molar refractivity (Wildman–Crippen MR) is 85.6 cm³/mol. The number of pyridine rings is 1. The molecule has 1 aromatic carbocycles. The molecule has 2 heterocycles. The van der Waals surface area contributed by atoms with Crippen LogP contribution in [0.3, 0.4) is 0 Å². The molecule has 23 heavy (non-hydrogen) atoms. The van der Waals surface area contributed by atoms with Crippen LogP contribution in [0.15, 0.2) is 42.7 Å². The second-order valence-corrected chi connectivity index (χ2v) is 5.66. The normalized spacial score (nSPS) is 13.4. The number of hydrogen-bond acceptors (Lipinski definition) is 3. The molecular weight excluding hydrogens is 323 g/mol. The number of nitrogens with one attached hydrogen (secondary N) is 1. The summed E-state index contributed by atoms with van der Waals surface area (Å²) in [5.74, 6) is 1.29. The van der Waals surface area contributed by atoms with Crippen LogP contribution in [-0.4, -0.2) is 20.7 Å². The summed E-state index contributed by atoms with van der Waals surface area (Å²) < 4.78 is 37.8. The second-order valence-electron chi connectivity index (χ2n) is 5.29. The van der Waals surface area contributed by atoms with Gasteiger partial charge in [-0.2, -0.15) is 25.8 Å². The zero-order valence-corrected chi connectivity index (χ0v) is 12.9. The lowest BCUT2D eigenvalue weighted by Gasteiger charge is -2.13. The summed E-state index contributed by atoms with van der Waals surface area (Å²) in [6.07, 6.45) is -0.389. The number of aromatic amines is 1. The van der Waals surface area contributed by atoms with Crippen molar-refractivity contribution in [1.82, 2.24) is 15.0 Å². The first-order valence-corrected chi connectivity index (χ1v) is 7.67. The van der Waals surface area contributed by atoms with Crippen molar-refractivity contribution in [3.63, 3.8) is 0 Å². The fourth-order valence-electron chi connectivity index (χ4n) is 2.43. The van der Waals surface area contributed by atoms with E-state index in [1.807, 2.05) is 6.07 Å². The summed E-state index contributed by atoms with van der Waals surface area (Å²) in [5, 5.41) is 0. The average molecular weight is 337 g/mol. The number of aromatic nitrogens is 3. The van der Waals surface area contributed by atoms with Gasteiger partial charge in [0.05, 0.1) is 22.8 Å². The topological polar surface area (TPSA) is 41.6 Å². The zero-order chi connectivity index (χ0) is 16.4. The minimum absolute atomic E-state index is 0.0116. The minimum atomic E-state index is -4.31. The molecule has 7 heteroatoms. The SMILES string of the molecule is FC(F)(F)c1ccc(C[C@H](CS)c2nc3ccncc3[nH]2)cc1. The quantitative estimate of drug-likeness (QED) is 0.700. The van der Waals surface area contributed by atoms with Crippen molar-refractivity contribution in [2.24, 2.45) is 0 Å². The average Bonchev–Trinajstić information content (AvgIpc) is 2.96. The van der Waals surface area contributed by atoms with E-state index < -0.39 is 11.7 Å². The monoisotopic (exact) mass is 337 g/mol. The molecule has 1 atom stereocenters. The first-order chi connectivity index (χ1) is 11.0. The van der Waals surface area contributed by atoms with E-state index >= 15 is 0 Å². The Morgan fingerprint density at radius 2 is 1.87 bits per heavy atom. The van der Waals surface area contributed by atoms with Gasteiger partial charge in [-0.15, -0.1) is 0 Å². The van der Waals surface area contributed by atoms with Crippen LogP contribution in [0.2, 0.25) is 0 Å². The second kappa shape index (κ2) is 6.23. The highest BCUT2D eigenvalue weighted by Crippen LogP contribution is 2.30. The third kappa shape index (κ3) is 3.50. The Morgan fingerprint density at radius 3 is 2.48 bits per heavy atom. The van der Waals surface area contributed by atoms with E-state index in [9.17, 15) is 13.2 Å². The third-order valence-electron chi connectivity index (χ3n) is 3.67. The van der Waals surface area contributed by atoms with E-state index in [0.717, 1.165) is 34.6 Å². The van der Waals surface area contributed by atoms with Gasteiger partial charge >= 0.3 is 6.18 Å². The van der Waals surface area contributed by atoms with Gasteiger partial charge in [-0.3, -0.25) is 4.98 Å². The molecular formula is C16H14F3N3S. The van der Waals surface area contributed by atoms with Gasteiger partial charge in [0.15, 0.2) is 0 Å². The van der Waals surface area contributed by atoms with E-state index in [-0.39, 0.29) is 5.92 Å². The van der Waals surface area contributed by atoms with Crippen LogP contribution in [0.4, 0.5) is 13.2 Å². The Bertz CT molecular complexity index is 763. The summed E-state index contributed by atoms with van der Waals surface area (Å²) in [6, 6.07) is 7.02. The molecule has 0 radical (unpaired) electrons. The summed E-state index contributed by atoms with van der Waals surface area (Å²) >= 11 is 4.35. The Hall–Kier alpha value is -2.02. The molecule has 0 saturated carbocycles. The molecule has 0 saturated heterocycles. The van der Waals surface area contributed by atoms with E-state index in [1.165, 1.54) is 12.1 Å². The number of benzene rings is 1. The highest BCUT2D eigenvalue weighted by Gasteiger charge is 2.30. The lowest BCUT2D eigenvalue weighted by atomic mass is 9.99. The number of alkyl halides is 3. The van der Waals surface area contributed by atoms with Crippen LogP contribution in [0.5, 0.6) is 0 Å². The molecule has 0 fully saturated rings. The van der Waals surface area contributed by atoms with Gasteiger partial charge in [0.1, 0.15) is 5.82 Å². The third-order valence-corrected chi connectivity index (χ3v) is 4.11. The van der Waals surface area contributed by atoms with Crippen LogP contribution < -0.4 is 0 Å². The summed E-state index contributed by atoms with van der Waals surface area (Å²) in [5.41, 5.74) is 1.82. The van der Waals surface area contributed by atoms with Crippen LogP contribution in [-0.2, 0) is 12.6 Å². The van der Waals surface area contributed by atoms with Crippen molar-refractivity contribution >= 4 is 23.7 Å². The van der Waals surface area contributed by atoms with E-state index in [0.29, 0.717) is 12.2 Å². The van der Waals surface area contributed by atoms with Crippen molar-refractivity contribution in [3.05, 3.63) is 59.7 Å². The Morgan fingerprint density at radius 1 is 1.13 bits per heavy atom. The first-order valence-electron chi connectivity index (χ1n) is 7.04. The number of H-pyrrole nitrogens is 1. The maximum Gasteiger partial charge on any atom is 0.416 e. The molecule has 0 unspecified atom stereocenters. The summed E-state index contributed by atoms with van der Waals surface area (Å²) in [6.45, 7) is 0. The maximum absolute atomic E-state index is 12.6. The Balaban J connectivity index is 1.81. The zero-order valence-electron chi connectivity index (χ0n) is 12.0. The first kappa shape index (κ1) is 15.9. The highest BCUT2D eigenvalue weighted by atomic mass is 32.1. The molecule has 0 amide bonds. The smallest absolute Gasteiger partial charge is 0.340 e.